The van der Waals surface area contributed by atoms with E-state index in [2.05, 4.69) is 20.2 Å². The van der Waals surface area contributed by atoms with E-state index in [-0.39, 0.29) is 5.54 Å². The lowest BCUT2D eigenvalue weighted by molar-refractivity contribution is 0.299. The lowest BCUT2D eigenvalue weighted by Crippen LogP contribution is -2.42. The van der Waals surface area contributed by atoms with Crippen LogP contribution in [0.5, 0.6) is 0 Å². The first-order valence-electron chi connectivity index (χ1n) is 6.92. The first-order valence-corrected chi connectivity index (χ1v) is 8.81. The Morgan fingerprint density at radius 2 is 2.00 bits per heavy atom. The molecule has 0 bridgehead atoms. The van der Waals surface area contributed by atoms with Crippen LogP contribution in [0, 0.1) is 6.92 Å². The summed E-state index contributed by atoms with van der Waals surface area (Å²) in [5, 5.41) is 7.54. The van der Waals surface area contributed by atoms with Crippen molar-refractivity contribution in [3.63, 3.8) is 0 Å². The van der Waals surface area contributed by atoms with Gasteiger partial charge < -0.3 is 9.84 Å². The number of aromatic nitrogens is 2. The predicted molar refractivity (Wildman–Crippen MR) is 74.6 cm³/mol. The summed E-state index contributed by atoms with van der Waals surface area (Å²) in [6, 6.07) is 0. The lowest BCUT2D eigenvalue weighted by atomic mass is 9.96. The average molecular weight is 302 g/mol. The summed E-state index contributed by atoms with van der Waals surface area (Å²) in [7, 11) is -3.11. The van der Waals surface area contributed by atoms with Gasteiger partial charge in [0.05, 0.1) is 11.8 Å². The van der Waals surface area contributed by atoms with E-state index < -0.39 is 10.0 Å². The second-order valence-electron chi connectivity index (χ2n) is 5.37. The Hall–Kier alpha value is -0.990. The Kier molecular flexibility index (Phi) is 4.77. The second kappa shape index (κ2) is 6.19. The lowest BCUT2D eigenvalue weighted by Gasteiger charge is -2.26. The fraction of sp³-hybridized carbons (Fsp3) is 0.833. The highest BCUT2D eigenvalue weighted by Gasteiger charge is 2.39. The molecule has 1 fully saturated rings. The van der Waals surface area contributed by atoms with Gasteiger partial charge in [-0.2, -0.15) is 4.98 Å². The summed E-state index contributed by atoms with van der Waals surface area (Å²) in [5.74, 6) is 1.30. The molecule has 8 heteroatoms. The minimum absolute atomic E-state index is 0.206. The number of hydrogen-bond donors (Lipinski definition) is 2. The minimum Gasteiger partial charge on any atom is -0.340 e. The standard InChI is InChI=1S/C12H22N4O3S/c1-10-15-11(16-19-10)12(6-3-4-7-12)13-8-5-9-14-20(2,17)18/h13-14H,3-9H2,1-2H3. The van der Waals surface area contributed by atoms with Gasteiger partial charge in [-0.25, -0.2) is 13.1 Å². The molecule has 114 valence electrons. The van der Waals surface area contributed by atoms with Crippen molar-refractivity contribution in [3.05, 3.63) is 11.7 Å². The zero-order valence-corrected chi connectivity index (χ0v) is 12.8. The van der Waals surface area contributed by atoms with Crippen LogP contribution in [0.1, 0.15) is 43.8 Å². The average Bonchev–Trinajstić information content (AvgIpc) is 2.97. The summed E-state index contributed by atoms with van der Waals surface area (Å²) in [5.41, 5.74) is -0.206. The molecule has 0 spiro atoms. The van der Waals surface area contributed by atoms with Crippen LogP contribution in [0.25, 0.3) is 0 Å². The predicted octanol–water partition coefficient (Wildman–Crippen LogP) is 0.676. The van der Waals surface area contributed by atoms with Crippen LogP contribution in [0.15, 0.2) is 4.52 Å². The van der Waals surface area contributed by atoms with E-state index in [0.717, 1.165) is 44.5 Å². The van der Waals surface area contributed by atoms with Crippen LogP contribution in [0.3, 0.4) is 0 Å². The van der Waals surface area contributed by atoms with Crippen LogP contribution in [-0.4, -0.2) is 37.9 Å². The number of rotatable bonds is 7. The molecule has 1 aromatic heterocycles. The maximum absolute atomic E-state index is 11.0. The van der Waals surface area contributed by atoms with Crippen molar-refractivity contribution in [1.29, 1.82) is 0 Å². The van der Waals surface area contributed by atoms with Gasteiger partial charge in [-0.1, -0.05) is 18.0 Å². The molecule has 1 aromatic rings. The van der Waals surface area contributed by atoms with Crippen molar-refractivity contribution in [2.75, 3.05) is 19.3 Å². The molecule has 0 aliphatic heterocycles. The molecule has 20 heavy (non-hydrogen) atoms. The summed E-state index contributed by atoms with van der Waals surface area (Å²) < 4.78 is 29.5. The second-order valence-corrected chi connectivity index (χ2v) is 7.21. The van der Waals surface area contributed by atoms with Gasteiger partial charge in [0, 0.05) is 13.5 Å². The topological polar surface area (TPSA) is 97.1 Å². The first-order chi connectivity index (χ1) is 9.41. The maximum Gasteiger partial charge on any atom is 0.223 e. The number of hydrogen-bond acceptors (Lipinski definition) is 6. The van der Waals surface area contributed by atoms with Gasteiger partial charge in [-0.05, 0) is 25.8 Å². The van der Waals surface area contributed by atoms with Crippen molar-refractivity contribution in [2.24, 2.45) is 0 Å². The molecule has 0 atom stereocenters. The van der Waals surface area contributed by atoms with E-state index in [1.807, 2.05) is 0 Å². The van der Waals surface area contributed by atoms with Gasteiger partial charge in [0.1, 0.15) is 0 Å². The smallest absolute Gasteiger partial charge is 0.223 e. The Morgan fingerprint density at radius 3 is 2.55 bits per heavy atom. The van der Waals surface area contributed by atoms with Crippen LogP contribution >= 0.6 is 0 Å². The third-order valence-electron chi connectivity index (χ3n) is 3.59. The molecule has 1 aliphatic rings. The minimum atomic E-state index is -3.11. The van der Waals surface area contributed by atoms with Crippen molar-refractivity contribution < 1.29 is 12.9 Å². The summed E-state index contributed by atoms with van der Waals surface area (Å²) in [6.07, 6.45) is 6.16. The van der Waals surface area contributed by atoms with Crippen molar-refractivity contribution >= 4 is 10.0 Å². The summed E-state index contributed by atoms with van der Waals surface area (Å²) in [4.78, 5) is 4.35. The summed E-state index contributed by atoms with van der Waals surface area (Å²) in [6.45, 7) is 2.94. The van der Waals surface area contributed by atoms with Crippen LogP contribution in [-0.2, 0) is 15.6 Å². The number of nitrogens with zero attached hydrogens (tertiary/aromatic N) is 2. The van der Waals surface area contributed by atoms with Gasteiger partial charge >= 0.3 is 0 Å². The number of sulfonamides is 1. The van der Waals surface area contributed by atoms with E-state index in [9.17, 15) is 8.42 Å². The third-order valence-corrected chi connectivity index (χ3v) is 4.32. The quantitative estimate of drug-likeness (QED) is 0.719. The molecule has 0 unspecified atom stereocenters. The third kappa shape index (κ3) is 4.00. The van der Waals surface area contributed by atoms with E-state index in [1.165, 1.54) is 6.26 Å². The highest BCUT2D eigenvalue weighted by atomic mass is 32.2. The van der Waals surface area contributed by atoms with Gasteiger partial charge in [-0.15, -0.1) is 0 Å². The SMILES string of the molecule is Cc1nc(C2(NCCCNS(C)(=O)=O)CCCC2)no1. The van der Waals surface area contributed by atoms with E-state index in [0.29, 0.717) is 12.4 Å². The van der Waals surface area contributed by atoms with Gasteiger partial charge in [0.2, 0.25) is 15.9 Å². The van der Waals surface area contributed by atoms with E-state index in [1.54, 1.807) is 6.92 Å². The fourth-order valence-electron chi connectivity index (χ4n) is 2.63. The molecule has 1 saturated carbocycles. The Labute approximate surface area is 119 Å². The zero-order chi connectivity index (χ0) is 14.6. The molecule has 7 nitrogen and oxygen atoms in total. The molecule has 0 amide bonds. The molecular weight excluding hydrogens is 280 g/mol. The molecule has 2 N–H and O–H groups in total. The molecule has 0 saturated heterocycles. The maximum atomic E-state index is 11.0. The van der Waals surface area contributed by atoms with Crippen LogP contribution < -0.4 is 10.0 Å². The molecule has 0 radical (unpaired) electrons. The Bertz CT molecular complexity index is 535. The monoisotopic (exact) mass is 302 g/mol. The van der Waals surface area contributed by atoms with Gasteiger partial charge in [-0.3, -0.25) is 0 Å². The van der Waals surface area contributed by atoms with E-state index in [4.69, 9.17) is 4.52 Å². The van der Waals surface area contributed by atoms with Crippen LogP contribution in [0.4, 0.5) is 0 Å². The largest absolute Gasteiger partial charge is 0.340 e. The molecule has 1 aliphatic carbocycles. The molecule has 1 heterocycles. The fourth-order valence-corrected chi connectivity index (χ4v) is 3.14. The highest BCUT2D eigenvalue weighted by molar-refractivity contribution is 7.88. The zero-order valence-electron chi connectivity index (χ0n) is 12.0. The molecular formula is C12H22N4O3S. The first kappa shape index (κ1) is 15.4. The Morgan fingerprint density at radius 1 is 1.30 bits per heavy atom. The number of aryl methyl sites for hydroxylation is 1. The van der Waals surface area contributed by atoms with Crippen molar-refractivity contribution in [1.82, 2.24) is 20.2 Å². The van der Waals surface area contributed by atoms with Gasteiger partial charge in [0.25, 0.3) is 0 Å². The van der Waals surface area contributed by atoms with Crippen molar-refractivity contribution in [2.45, 2.75) is 44.6 Å². The molecule has 0 aromatic carbocycles. The highest BCUT2D eigenvalue weighted by Crippen LogP contribution is 2.37. The summed E-state index contributed by atoms with van der Waals surface area (Å²) >= 11 is 0. The molecule has 2 rings (SSSR count). The number of nitrogens with one attached hydrogen (secondary N) is 2. The van der Waals surface area contributed by atoms with Gasteiger partial charge in [0.15, 0.2) is 5.82 Å². The van der Waals surface area contributed by atoms with E-state index >= 15 is 0 Å². The van der Waals surface area contributed by atoms with Crippen LogP contribution in [0.2, 0.25) is 0 Å². The Balaban J connectivity index is 1.87. The van der Waals surface area contributed by atoms with Crippen molar-refractivity contribution in [3.8, 4) is 0 Å². The normalized spacial score (nSPS) is 18.5.